The van der Waals surface area contributed by atoms with Crippen LogP contribution in [0.4, 0.5) is 5.69 Å². The van der Waals surface area contributed by atoms with E-state index >= 15 is 0 Å². The highest BCUT2D eigenvalue weighted by atomic mass is 16.6. The lowest BCUT2D eigenvalue weighted by atomic mass is 9.94. The average Bonchev–Trinajstić information content (AvgIpc) is 3.34. The fourth-order valence-electron chi connectivity index (χ4n) is 4.02. The van der Waals surface area contributed by atoms with E-state index in [0.717, 1.165) is 0 Å². The normalized spacial score (nSPS) is 10.7. The highest BCUT2D eigenvalue weighted by molar-refractivity contribution is 6.21. The van der Waals surface area contributed by atoms with Crippen LogP contribution < -0.4 is 0 Å². The van der Waals surface area contributed by atoms with Crippen LogP contribution in [0.25, 0.3) is 16.9 Å². The van der Waals surface area contributed by atoms with Gasteiger partial charge in [0.1, 0.15) is 5.69 Å². The van der Waals surface area contributed by atoms with Crippen molar-refractivity contribution in [2.24, 2.45) is 0 Å². The number of ketones is 2. The molecule has 7 nitrogen and oxygen atoms in total. The summed E-state index contributed by atoms with van der Waals surface area (Å²) in [7, 11) is 0. The molecule has 1 aromatic heterocycles. The third kappa shape index (κ3) is 4.21. The van der Waals surface area contributed by atoms with Crippen molar-refractivity contribution in [2.45, 2.75) is 0 Å². The number of rotatable bonds is 7. The summed E-state index contributed by atoms with van der Waals surface area (Å²) in [5.41, 5.74) is 2.49. The first-order chi connectivity index (χ1) is 17.5. The lowest BCUT2D eigenvalue weighted by molar-refractivity contribution is -0.384. The first-order valence-corrected chi connectivity index (χ1v) is 11.2. The molecule has 0 N–H and O–H groups in total. The minimum Gasteiger partial charge on any atom is -0.288 e. The summed E-state index contributed by atoms with van der Waals surface area (Å²) in [6.45, 7) is 0. The zero-order valence-electron chi connectivity index (χ0n) is 18.9. The quantitative estimate of drug-likeness (QED) is 0.166. The van der Waals surface area contributed by atoms with Crippen LogP contribution in [-0.4, -0.2) is 26.3 Å². The van der Waals surface area contributed by atoms with E-state index in [1.807, 2.05) is 36.4 Å². The molecule has 0 saturated heterocycles. The van der Waals surface area contributed by atoms with Crippen LogP contribution in [0.3, 0.4) is 0 Å². The number of non-ortho nitro benzene ring substituents is 1. The molecule has 1 heterocycles. The fraction of sp³-hybridized carbons (Fsp3) is 0. The summed E-state index contributed by atoms with van der Waals surface area (Å²) < 4.78 is 1.51. The summed E-state index contributed by atoms with van der Waals surface area (Å²) in [6.07, 6.45) is 0. The fourth-order valence-corrected chi connectivity index (χ4v) is 4.02. The van der Waals surface area contributed by atoms with E-state index in [2.05, 4.69) is 5.10 Å². The van der Waals surface area contributed by atoms with Crippen LogP contribution in [0.5, 0.6) is 0 Å². The maximum atomic E-state index is 13.9. The van der Waals surface area contributed by atoms with Crippen LogP contribution in [0.2, 0.25) is 0 Å². The van der Waals surface area contributed by atoms with Crippen LogP contribution in [0, 0.1) is 10.1 Å². The number of nitro benzene ring substituents is 1. The Bertz CT molecular complexity index is 1560. The maximum absolute atomic E-state index is 13.9. The predicted octanol–water partition coefficient (Wildman–Crippen LogP) is 5.91. The Balaban J connectivity index is 1.81. The molecule has 0 bridgehead atoms. The van der Waals surface area contributed by atoms with Gasteiger partial charge in [-0.3, -0.25) is 19.7 Å². The first kappa shape index (κ1) is 22.6. The Morgan fingerprint density at radius 3 is 1.69 bits per heavy atom. The lowest BCUT2D eigenvalue weighted by Crippen LogP contribution is -2.11. The topological polar surface area (TPSA) is 95.1 Å². The molecule has 0 aliphatic rings. The van der Waals surface area contributed by atoms with Crippen molar-refractivity contribution >= 4 is 17.3 Å². The van der Waals surface area contributed by atoms with E-state index in [4.69, 9.17) is 0 Å². The summed E-state index contributed by atoms with van der Waals surface area (Å²) >= 11 is 0. The molecule has 0 amide bonds. The van der Waals surface area contributed by atoms with Crippen molar-refractivity contribution in [3.05, 3.63) is 148 Å². The van der Waals surface area contributed by atoms with Gasteiger partial charge in [-0.15, -0.1) is 0 Å². The van der Waals surface area contributed by atoms with Crippen molar-refractivity contribution in [1.29, 1.82) is 0 Å². The van der Waals surface area contributed by atoms with Crippen molar-refractivity contribution in [2.75, 3.05) is 0 Å². The molecule has 0 aliphatic heterocycles. The van der Waals surface area contributed by atoms with Gasteiger partial charge in [-0.2, -0.15) is 5.10 Å². The molecule has 36 heavy (non-hydrogen) atoms. The van der Waals surface area contributed by atoms with E-state index in [-0.39, 0.29) is 22.7 Å². The van der Waals surface area contributed by atoms with Gasteiger partial charge in [0.15, 0.2) is 5.78 Å². The van der Waals surface area contributed by atoms with Crippen LogP contribution in [-0.2, 0) is 0 Å². The van der Waals surface area contributed by atoms with Crippen molar-refractivity contribution in [3.63, 3.8) is 0 Å². The summed E-state index contributed by atoms with van der Waals surface area (Å²) in [6, 6.07) is 32.4. The molecule has 0 aliphatic carbocycles. The highest BCUT2D eigenvalue weighted by Crippen LogP contribution is 2.33. The van der Waals surface area contributed by atoms with E-state index in [9.17, 15) is 19.7 Å². The van der Waals surface area contributed by atoms with Crippen molar-refractivity contribution < 1.29 is 14.5 Å². The third-order valence-electron chi connectivity index (χ3n) is 5.75. The Labute approximate surface area is 206 Å². The lowest BCUT2D eigenvalue weighted by Gasteiger charge is -2.10. The van der Waals surface area contributed by atoms with Gasteiger partial charge in [0.25, 0.3) is 5.69 Å². The van der Waals surface area contributed by atoms with Crippen LogP contribution in [0.1, 0.15) is 32.0 Å². The van der Waals surface area contributed by atoms with Gasteiger partial charge in [0.2, 0.25) is 5.78 Å². The molecule has 5 rings (SSSR count). The molecule has 0 spiro atoms. The summed E-state index contributed by atoms with van der Waals surface area (Å²) in [5.74, 6) is -0.741. The Hall–Kier alpha value is -5.17. The molecule has 0 unspecified atom stereocenters. The third-order valence-corrected chi connectivity index (χ3v) is 5.75. The van der Waals surface area contributed by atoms with Crippen LogP contribution >= 0.6 is 0 Å². The Morgan fingerprint density at radius 1 is 0.667 bits per heavy atom. The number of aromatic nitrogens is 2. The number of benzene rings is 4. The van der Waals surface area contributed by atoms with E-state index in [0.29, 0.717) is 28.1 Å². The molecular formula is C29H19N3O4. The zero-order chi connectivity index (χ0) is 25.1. The van der Waals surface area contributed by atoms with Gasteiger partial charge >= 0.3 is 0 Å². The Morgan fingerprint density at radius 2 is 1.17 bits per heavy atom. The Kier molecular flexibility index (Phi) is 6.03. The molecule has 5 aromatic rings. The van der Waals surface area contributed by atoms with Gasteiger partial charge in [-0.05, 0) is 12.1 Å². The number of hydrogen-bond donors (Lipinski definition) is 0. The second-order valence-corrected chi connectivity index (χ2v) is 8.01. The van der Waals surface area contributed by atoms with E-state index < -0.39 is 10.7 Å². The second-order valence-electron chi connectivity index (χ2n) is 8.01. The van der Waals surface area contributed by atoms with Gasteiger partial charge in [-0.25, -0.2) is 4.68 Å². The van der Waals surface area contributed by atoms with Gasteiger partial charge in [0.05, 0.1) is 21.9 Å². The SMILES string of the molecule is O=C(c1ccccc1)c1nn(-c2ccc([N+](=O)[O-])cc2)c(-c2ccccc2)c1C(=O)c1ccccc1. The molecule has 4 aromatic carbocycles. The van der Waals surface area contributed by atoms with Crippen molar-refractivity contribution in [1.82, 2.24) is 9.78 Å². The molecule has 0 fully saturated rings. The molecule has 0 atom stereocenters. The van der Waals surface area contributed by atoms with E-state index in [1.165, 1.54) is 16.8 Å². The highest BCUT2D eigenvalue weighted by Gasteiger charge is 2.30. The molecule has 0 saturated carbocycles. The predicted molar refractivity (Wildman–Crippen MR) is 135 cm³/mol. The first-order valence-electron chi connectivity index (χ1n) is 11.2. The molecular weight excluding hydrogens is 454 g/mol. The maximum Gasteiger partial charge on any atom is 0.269 e. The zero-order valence-corrected chi connectivity index (χ0v) is 18.9. The number of carbonyl (C=O) groups excluding carboxylic acids is 2. The smallest absolute Gasteiger partial charge is 0.269 e. The van der Waals surface area contributed by atoms with E-state index in [1.54, 1.807) is 66.7 Å². The largest absolute Gasteiger partial charge is 0.288 e. The van der Waals surface area contributed by atoms with Gasteiger partial charge < -0.3 is 0 Å². The standard InChI is InChI=1S/C29H19N3O4/c33-28(21-12-6-2-7-13-21)25-26(29(34)22-14-8-3-9-15-22)30-31(27(25)20-10-4-1-5-11-20)23-16-18-24(19-17-23)32(35)36/h1-19H. The average molecular weight is 473 g/mol. The number of carbonyl (C=O) groups is 2. The summed E-state index contributed by atoms with van der Waals surface area (Å²) in [5, 5.41) is 15.8. The number of nitrogens with zero attached hydrogens (tertiary/aromatic N) is 3. The van der Waals surface area contributed by atoms with Gasteiger partial charge in [-0.1, -0.05) is 91.0 Å². The molecule has 0 radical (unpaired) electrons. The van der Waals surface area contributed by atoms with Crippen LogP contribution in [0.15, 0.2) is 115 Å². The molecule has 7 heteroatoms. The minimum absolute atomic E-state index is 0.00672. The van der Waals surface area contributed by atoms with Crippen molar-refractivity contribution in [3.8, 4) is 16.9 Å². The monoisotopic (exact) mass is 473 g/mol. The molecule has 174 valence electrons. The second kappa shape index (κ2) is 9.60. The summed E-state index contributed by atoms with van der Waals surface area (Å²) in [4.78, 5) is 38.2. The number of hydrogen-bond acceptors (Lipinski definition) is 5. The minimum atomic E-state index is -0.486. The van der Waals surface area contributed by atoms with Gasteiger partial charge in [0, 0.05) is 28.8 Å². The number of nitro groups is 1.